The van der Waals surface area contributed by atoms with Gasteiger partial charge in [0.1, 0.15) is 10.0 Å². The molecule has 2 aromatic carbocycles. The molecule has 0 bridgehead atoms. The Morgan fingerprint density at radius 3 is 2.79 bits per heavy atom. The number of hydrogen-bond donors (Lipinski definition) is 2. The molecule has 1 aliphatic heterocycles. The second-order valence-corrected chi connectivity index (χ2v) is 8.27. The molecule has 2 heterocycles. The van der Waals surface area contributed by atoms with Crippen LogP contribution in [-0.2, 0) is 13.0 Å². The first-order valence-corrected chi connectivity index (χ1v) is 10.2. The minimum Gasteiger partial charge on any atom is -0.363 e. The Morgan fingerprint density at radius 2 is 2.00 bits per heavy atom. The van der Waals surface area contributed by atoms with Crippen molar-refractivity contribution < 1.29 is 4.79 Å². The summed E-state index contributed by atoms with van der Waals surface area (Å²) < 4.78 is 0. The number of nitrogens with one attached hydrogen (secondary N) is 2. The lowest BCUT2D eigenvalue weighted by molar-refractivity contribution is 0.262. The number of benzene rings is 2. The molecule has 144 valence electrons. The standard InChI is InChI=1S/C21H23N5OS/c1-14-6-3-9-17(12-14)22-21(27)23-18-10-4-7-16-8-5-11-26(20(16)18)13-19-25-24-15(2)28-19/h3-4,6-7,9-10,12H,5,8,11,13H2,1-2H3,(H2,22,23,27). The average molecular weight is 394 g/mol. The predicted octanol–water partition coefficient (Wildman–Crippen LogP) is 4.75. The molecule has 1 aromatic heterocycles. The van der Waals surface area contributed by atoms with E-state index < -0.39 is 0 Å². The van der Waals surface area contributed by atoms with Gasteiger partial charge < -0.3 is 15.5 Å². The third-order valence-electron chi connectivity index (χ3n) is 4.73. The molecule has 7 heteroatoms. The van der Waals surface area contributed by atoms with Crippen molar-refractivity contribution in [2.45, 2.75) is 33.2 Å². The molecule has 0 fully saturated rings. The van der Waals surface area contributed by atoms with E-state index in [9.17, 15) is 4.79 Å². The van der Waals surface area contributed by atoms with E-state index in [4.69, 9.17) is 0 Å². The average Bonchev–Trinajstić information content (AvgIpc) is 3.07. The summed E-state index contributed by atoms with van der Waals surface area (Å²) in [5.74, 6) is 0. The number of rotatable bonds is 4. The smallest absolute Gasteiger partial charge is 0.323 e. The summed E-state index contributed by atoms with van der Waals surface area (Å²) in [6.07, 6.45) is 2.10. The quantitative estimate of drug-likeness (QED) is 0.671. The monoisotopic (exact) mass is 393 g/mol. The molecular formula is C21H23N5OS. The van der Waals surface area contributed by atoms with Crippen molar-refractivity contribution in [3.05, 3.63) is 63.6 Å². The third kappa shape index (κ3) is 4.14. The molecule has 0 atom stereocenters. The normalized spacial score (nSPS) is 13.1. The first-order valence-electron chi connectivity index (χ1n) is 9.39. The minimum atomic E-state index is -0.240. The summed E-state index contributed by atoms with van der Waals surface area (Å²) >= 11 is 1.62. The topological polar surface area (TPSA) is 70.2 Å². The SMILES string of the molecule is Cc1cccc(NC(=O)Nc2cccc3c2N(Cc2nnc(C)s2)CCC3)c1. The molecular weight excluding hydrogens is 370 g/mol. The van der Waals surface area contributed by atoms with Gasteiger partial charge in [-0.2, -0.15) is 0 Å². The van der Waals surface area contributed by atoms with Gasteiger partial charge in [0.25, 0.3) is 0 Å². The Balaban J connectivity index is 1.55. The molecule has 0 spiro atoms. The number of aryl methyl sites for hydroxylation is 3. The molecule has 6 nitrogen and oxygen atoms in total. The van der Waals surface area contributed by atoms with Gasteiger partial charge in [0.15, 0.2) is 0 Å². The summed E-state index contributed by atoms with van der Waals surface area (Å²) in [4.78, 5) is 14.9. The lowest BCUT2D eigenvalue weighted by Crippen LogP contribution is -2.31. The molecule has 3 aromatic rings. The van der Waals surface area contributed by atoms with Crippen LogP contribution >= 0.6 is 11.3 Å². The summed E-state index contributed by atoms with van der Waals surface area (Å²) in [5.41, 5.74) is 5.04. The Labute approximate surface area is 168 Å². The number of para-hydroxylation sites is 1. The van der Waals surface area contributed by atoms with Crippen LogP contribution in [0.2, 0.25) is 0 Å². The van der Waals surface area contributed by atoms with Gasteiger partial charge in [-0.1, -0.05) is 35.6 Å². The first kappa shape index (κ1) is 18.4. The Bertz CT molecular complexity index is 1000. The molecule has 4 rings (SSSR count). The fourth-order valence-electron chi connectivity index (χ4n) is 3.57. The van der Waals surface area contributed by atoms with Gasteiger partial charge in [-0.25, -0.2) is 4.79 Å². The number of carbonyl (C=O) groups is 1. The van der Waals surface area contributed by atoms with E-state index >= 15 is 0 Å². The van der Waals surface area contributed by atoms with Crippen LogP contribution in [0, 0.1) is 13.8 Å². The molecule has 0 unspecified atom stereocenters. The van der Waals surface area contributed by atoms with Crippen LogP contribution in [0.25, 0.3) is 0 Å². The van der Waals surface area contributed by atoms with Crippen molar-refractivity contribution in [2.75, 3.05) is 22.1 Å². The second kappa shape index (κ2) is 7.98. The highest BCUT2D eigenvalue weighted by Gasteiger charge is 2.22. The number of urea groups is 1. The van der Waals surface area contributed by atoms with Crippen molar-refractivity contribution >= 4 is 34.4 Å². The molecule has 2 amide bonds. The zero-order valence-electron chi connectivity index (χ0n) is 16.0. The van der Waals surface area contributed by atoms with Crippen LogP contribution in [0.5, 0.6) is 0 Å². The van der Waals surface area contributed by atoms with Crippen LogP contribution in [0.3, 0.4) is 0 Å². The summed E-state index contributed by atoms with van der Waals surface area (Å²) in [7, 11) is 0. The molecule has 0 saturated carbocycles. The third-order valence-corrected chi connectivity index (χ3v) is 5.55. The van der Waals surface area contributed by atoms with E-state index in [2.05, 4.69) is 31.8 Å². The molecule has 0 saturated heterocycles. The van der Waals surface area contributed by atoms with E-state index in [0.717, 1.165) is 52.0 Å². The van der Waals surface area contributed by atoms with Gasteiger partial charge in [-0.15, -0.1) is 10.2 Å². The summed E-state index contributed by atoms with van der Waals surface area (Å²) in [5, 5.41) is 16.3. The predicted molar refractivity (Wildman–Crippen MR) is 114 cm³/mol. The highest BCUT2D eigenvalue weighted by molar-refractivity contribution is 7.11. The van der Waals surface area contributed by atoms with Crippen LogP contribution in [0.1, 0.15) is 27.6 Å². The van der Waals surface area contributed by atoms with Crippen LogP contribution < -0.4 is 15.5 Å². The van der Waals surface area contributed by atoms with Crippen molar-refractivity contribution in [1.29, 1.82) is 0 Å². The number of amides is 2. The maximum atomic E-state index is 12.6. The highest BCUT2D eigenvalue weighted by atomic mass is 32.1. The van der Waals surface area contributed by atoms with Crippen molar-refractivity contribution in [2.24, 2.45) is 0 Å². The second-order valence-electron chi connectivity index (χ2n) is 7.00. The Morgan fingerprint density at radius 1 is 1.14 bits per heavy atom. The number of hydrogen-bond acceptors (Lipinski definition) is 5. The number of fused-ring (bicyclic) bond motifs is 1. The van der Waals surface area contributed by atoms with E-state index in [1.54, 1.807) is 11.3 Å². The zero-order valence-corrected chi connectivity index (χ0v) is 16.8. The van der Waals surface area contributed by atoms with E-state index in [1.165, 1.54) is 5.56 Å². The van der Waals surface area contributed by atoms with E-state index in [1.807, 2.05) is 50.2 Å². The molecule has 0 radical (unpaired) electrons. The zero-order chi connectivity index (χ0) is 19.5. The Kier molecular flexibility index (Phi) is 5.25. The van der Waals surface area contributed by atoms with E-state index in [0.29, 0.717) is 6.54 Å². The Hall–Kier alpha value is -2.93. The van der Waals surface area contributed by atoms with Gasteiger partial charge in [-0.05, 0) is 56.0 Å². The summed E-state index contributed by atoms with van der Waals surface area (Å²) in [6.45, 7) is 5.61. The fourth-order valence-corrected chi connectivity index (χ4v) is 4.29. The number of nitrogens with zero attached hydrogens (tertiary/aromatic N) is 3. The van der Waals surface area contributed by atoms with E-state index in [-0.39, 0.29) is 6.03 Å². The number of carbonyl (C=O) groups excluding carboxylic acids is 1. The van der Waals surface area contributed by atoms with Crippen molar-refractivity contribution in [3.63, 3.8) is 0 Å². The molecule has 2 N–H and O–H groups in total. The lowest BCUT2D eigenvalue weighted by Gasteiger charge is -2.32. The van der Waals surface area contributed by atoms with Gasteiger partial charge in [0.05, 0.1) is 17.9 Å². The van der Waals surface area contributed by atoms with Crippen molar-refractivity contribution in [1.82, 2.24) is 10.2 Å². The molecule has 1 aliphatic rings. The fraction of sp³-hybridized carbons (Fsp3) is 0.286. The van der Waals surface area contributed by atoms with Crippen LogP contribution in [0.4, 0.5) is 21.9 Å². The number of anilines is 3. The maximum Gasteiger partial charge on any atom is 0.323 e. The highest BCUT2D eigenvalue weighted by Crippen LogP contribution is 2.36. The van der Waals surface area contributed by atoms with Gasteiger partial charge in [-0.3, -0.25) is 0 Å². The number of aromatic nitrogens is 2. The van der Waals surface area contributed by atoms with Crippen LogP contribution in [0.15, 0.2) is 42.5 Å². The lowest BCUT2D eigenvalue weighted by atomic mass is 10.0. The first-order chi connectivity index (χ1) is 13.6. The maximum absolute atomic E-state index is 12.6. The van der Waals surface area contributed by atoms with Gasteiger partial charge >= 0.3 is 6.03 Å². The molecule has 28 heavy (non-hydrogen) atoms. The summed E-state index contributed by atoms with van der Waals surface area (Å²) in [6, 6.07) is 13.6. The van der Waals surface area contributed by atoms with Gasteiger partial charge in [0.2, 0.25) is 0 Å². The largest absolute Gasteiger partial charge is 0.363 e. The minimum absolute atomic E-state index is 0.240. The molecule has 0 aliphatic carbocycles. The van der Waals surface area contributed by atoms with Crippen LogP contribution in [-0.4, -0.2) is 22.8 Å². The van der Waals surface area contributed by atoms with Gasteiger partial charge in [0, 0.05) is 12.2 Å². The van der Waals surface area contributed by atoms with Crippen molar-refractivity contribution in [3.8, 4) is 0 Å².